The number of nitrogens with one attached hydrogen (secondary N) is 2. The molecule has 0 saturated heterocycles. The molecule has 24 heavy (non-hydrogen) atoms. The third kappa shape index (κ3) is 3.72. The van der Waals surface area contributed by atoms with Gasteiger partial charge in [-0.1, -0.05) is 18.2 Å². The van der Waals surface area contributed by atoms with Crippen LogP contribution in [0.4, 0.5) is 15.5 Å². The SMILES string of the molecule is COC(=O)c1sc(NC(=O)Nc2ccccc2)c(C(=O)OC)c1C. The summed E-state index contributed by atoms with van der Waals surface area (Å²) in [5, 5.41) is 5.43. The predicted molar refractivity (Wildman–Crippen MR) is 90.8 cm³/mol. The Hall–Kier alpha value is -2.87. The Bertz CT molecular complexity index is 770. The Morgan fingerprint density at radius 3 is 2.17 bits per heavy atom. The Balaban J connectivity index is 2.29. The zero-order valence-electron chi connectivity index (χ0n) is 13.3. The number of rotatable bonds is 4. The first-order valence-electron chi connectivity index (χ1n) is 6.91. The molecule has 126 valence electrons. The number of carbonyl (C=O) groups is 3. The van der Waals surface area contributed by atoms with E-state index in [2.05, 4.69) is 10.6 Å². The summed E-state index contributed by atoms with van der Waals surface area (Å²) in [5.41, 5.74) is 1.12. The minimum Gasteiger partial charge on any atom is -0.465 e. The Morgan fingerprint density at radius 1 is 0.958 bits per heavy atom. The monoisotopic (exact) mass is 348 g/mol. The van der Waals surface area contributed by atoms with Crippen molar-refractivity contribution in [3.05, 3.63) is 46.3 Å². The van der Waals surface area contributed by atoms with Crippen molar-refractivity contribution in [2.75, 3.05) is 24.9 Å². The number of methoxy groups -OCH3 is 2. The van der Waals surface area contributed by atoms with Crippen molar-refractivity contribution in [2.45, 2.75) is 6.92 Å². The standard InChI is InChI=1S/C16H16N2O5S/c1-9-11(14(19)22-2)13(24-12(9)15(20)23-3)18-16(21)17-10-7-5-4-6-8-10/h4-8H,1-3H3,(H2,17,18,21). The van der Waals surface area contributed by atoms with Crippen molar-refractivity contribution in [2.24, 2.45) is 0 Å². The molecule has 1 aromatic heterocycles. The van der Waals surface area contributed by atoms with Crippen LogP contribution in [0.3, 0.4) is 0 Å². The maximum absolute atomic E-state index is 12.1. The van der Waals surface area contributed by atoms with Crippen LogP contribution in [0.1, 0.15) is 25.6 Å². The topological polar surface area (TPSA) is 93.7 Å². The molecule has 1 aromatic carbocycles. The van der Waals surface area contributed by atoms with E-state index in [1.807, 2.05) is 6.07 Å². The van der Waals surface area contributed by atoms with Crippen LogP contribution in [0.2, 0.25) is 0 Å². The molecule has 2 rings (SSSR count). The summed E-state index contributed by atoms with van der Waals surface area (Å²) in [7, 11) is 2.47. The molecular formula is C16H16N2O5S. The van der Waals surface area contributed by atoms with Crippen LogP contribution in [0, 0.1) is 6.92 Å². The first-order chi connectivity index (χ1) is 11.5. The van der Waals surface area contributed by atoms with Gasteiger partial charge in [0.05, 0.1) is 19.8 Å². The van der Waals surface area contributed by atoms with Gasteiger partial charge in [0.2, 0.25) is 0 Å². The molecule has 7 nitrogen and oxygen atoms in total. The molecule has 1 heterocycles. The van der Waals surface area contributed by atoms with Gasteiger partial charge in [-0.05, 0) is 24.6 Å². The lowest BCUT2D eigenvalue weighted by Crippen LogP contribution is -2.20. The summed E-state index contributed by atoms with van der Waals surface area (Å²) >= 11 is 0.954. The Labute approximate surface area is 142 Å². The van der Waals surface area contributed by atoms with Crippen molar-refractivity contribution in [1.82, 2.24) is 0 Å². The molecule has 0 spiro atoms. The maximum Gasteiger partial charge on any atom is 0.348 e. The maximum atomic E-state index is 12.1. The van der Waals surface area contributed by atoms with Crippen LogP contribution in [-0.2, 0) is 9.47 Å². The van der Waals surface area contributed by atoms with Crippen molar-refractivity contribution in [3.63, 3.8) is 0 Å². The number of anilines is 2. The molecule has 0 aliphatic heterocycles. The first-order valence-corrected chi connectivity index (χ1v) is 7.72. The van der Waals surface area contributed by atoms with Crippen LogP contribution in [0.25, 0.3) is 0 Å². The summed E-state index contributed by atoms with van der Waals surface area (Å²) in [4.78, 5) is 36.1. The average molecular weight is 348 g/mol. The third-order valence-electron chi connectivity index (χ3n) is 3.17. The number of esters is 2. The van der Waals surface area contributed by atoms with E-state index in [0.717, 1.165) is 11.3 Å². The molecular weight excluding hydrogens is 332 g/mol. The van der Waals surface area contributed by atoms with Crippen LogP contribution < -0.4 is 10.6 Å². The van der Waals surface area contributed by atoms with Gasteiger partial charge in [0, 0.05) is 5.69 Å². The first kappa shape index (κ1) is 17.5. The molecule has 2 amide bonds. The lowest BCUT2D eigenvalue weighted by molar-refractivity contribution is 0.0601. The number of carbonyl (C=O) groups excluding carboxylic acids is 3. The molecule has 0 radical (unpaired) electrons. The van der Waals surface area contributed by atoms with E-state index in [0.29, 0.717) is 11.3 Å². The van der Waals surface area contributed by atoms with Crippen LogP contribution in [0.15, 0.2) is 30.3 Å². The number of hydrogen-bond donors (Lipinski definition) is 2. The Kier molecular flexibility index (Phi) is 5.54. The molecule has 0 aliphatic carbocycles. The summed E-state index contributed by atoms with van der Waals surface area (Å²) in [6.45, 7) is 1.59. The highest BCUT2D eigenvalue weighted by molar-refractivity contribution is 7.18. The fraction of sp³-hybridized carbons (Fsp3) is 0.188. The van der Waals surface area contributed by atoms with Gasteiger partial charge in [0.15, 0.2) is 0 Å². The van der Waals surface area contributed by atoms with Gasteiger partial charge in [0.1, 0.15) is 9.88 Å². The predicted octanol–water partition coefficient (Wildman–Crippen LogP) is 3.27. The normalized spacial score (nSPS) is 9.96. The van der Waals surface area contributed by atoms with E-state index in [1.54, 1.807) is 31.2 Å². The smallest absolute Gasteiger partial charge is 0.348 e. The van der Waals surface area contributed by atoms with E-state index in [9.17, 15) is 14.4 Å². The van der Waals surface area contributed by atoms with Crippen LogP contribution in [0.5, 0.6) is 0 Å². The number of para-hydroxylation sites is 1. The van der Waals surface area contributed by atoms with Crippen LogP contribution >= 0.6 is 11.3 Å². The third-order valence-corrected chi connectivity index (χ3v) is 4.35. The van der Waals surface area contributed by atoms with Gasteiger partial charge < -0.3 is 14.8 Å². The fourth-order valence-electron chi connectivity index (χ4n) is 2.02. The van der Waals surface area contributed by atoms with Crippen molar-refractivity contribution in [1.29, 1.82) is 0 Å². The molecule has 0 atom stereocenters. The van der Waals surface area contributed by atoms with E-state index in [1.165, 1.54) is 14.2 Å². The highest BCUT2D eigenvalue weighted by Gasteiger charge is 2.26. The highest BCUT2D eigenvalue weighted by Crippen LogP contribution is 2.34. The zero-order valence-corrected chi connectivity index (χ0v) is 14.2. The zero-order chi connectivity index (χ0) is 17.7. The van der Waals surface area contributed by atoms with E-state index in [4.69, 9.17) is 9.47 Å². The van der Waals surface area contributed by atoms with Crippen molar-refractivity contribution in [3.8, 4) is 0 Å². The van der Waals surface area contributed by atoms with Gasteiger partial charge in [-0.3, -0.25) is 5.32 Å². The second-order valence-electron chi connectivity index (χ2n) is 4.69. The summed E-state index contributed by atoms with van der Waals surface area (Å²) in [6.07, 6.45) is 0. The molecule has 0 saturated carbocycles. The number of thiophene rings is 1. The van der Waals surface area contributed by atoms with E-state index < -0.39 is 18.0 Å². The molecule has 0 unspecified atom stereocenters. The van der Waals surface area contributed by atoms with Crippen molar-refractivity contribution >= 4 is 40.0 Å². The number of ether oxygens (including phenoxy) is 2. The number of benzene rings is 1. The summed E-state index contributed by atoms with van der Waals surface area (Å²) < 4.78 is 9.42. The second kappa shape index (κ2) is 7.60. The van der Waals surface area contributed by atoms with Gasteiger partial charge in [-0.2, -0.15) is 0 Å². The Morgan fingerprint density at radius 2 is 1.58 bits per heavy atom. The van der Waals surface area contributed by atoms with Gasteiger partial charge in [-0.15, -0.1) is 11.3 Å². The van der Waals surface area contributed by atoms with Gasteiger partial charge in [-0.25, -0.2) is 14.4 Å². The summed E-state index contributed by atoms with van der Waals surface area (Å²) in [5.74, 6) is -1.23. The lowest BCUT2D eigenvalue weighted by Gasteiger charge is -2.07. The van der Waals surface area contributed by atoms with Gasteiger partial charge >= 0.3 is 18.0 Å². The number of urea groups is 1. The minimum absolute atomic E-state index is 0.131. The molecule has 0 fully saturated rings. The quantitative estimate of drug-likeness (QED) is 0.827. The highest BCUT2D eigenvalue weighted by atomic mass is 32.1. The summed E-state index contributed by atoms with van der Waals surface area (Å²) in [6, 6.07) is 8.29. The van der Waals surface area contributed by atoms with E-state index >= 15 is 0 Å². The number of amides is 2. The molecule has 2 N–H and O–H groups in total. The van der Waals surface area contributed by atoms with Crippen LogP contribution in [-0.4, -0.2) is 32.2 Å². The molecule has 8 heteroatoms. The molecule has 0 aliphatic rings. The van der Waals surface area contributed by atoms with Crippen molar-refractivity contribution < 1.29 is 23.9 Å². The minimum atomic E-state index is -0.645. The fourth-order valence-corrected chi connectivity index (χ4v) is 3.13. The largest absolute Gasteiger partial charge is 0.465 e. The number of hydrogen-bond acceptors (Lipinski definition) is 6. The second-order valence-corrected chi connectivity index (χ2v) is 5.71. The lowest BCUT2D eigenvalue weighted by atomic mass is 10.1. The molecule has 2 aromatic rings. The average Bonchev–Trinajstić information content (AvgIpc) is 2.90. The van der Waals surface area contributed by atoms with E-state index in [-0.39, 0.29) is 15.4 Å². The van der Waals surface area contributed by atoms with Gasteiger partial charge in [0.25, 0.3) is 0 Å². The molecule has 0 bridgehead atoms.